The quantitative estimate of drug-likeness (QED) is 0.584. The highest BCUT2D eigenvalue weighted by molar-refractivity contribution is 5.77. The molecule has 0 saturated carbocycles. The van der Waals surface area contributed by atoms with Gasteiger partial charge < -0.3 is 9.64 Å². The molecular formula is C23H27N3O2. The molecule has 28 heavy (non-hydrogen) atoms. The molecule has 1 heterocycles. The van der Waals surface area contributed by atoms with Gasteiger partial charge >= 0.3 is 0 Å². The lowest BCUT2D eigenvalue weighted by atomic mass is 9.98. The molecule has 3 aromatic rings. The second-order valence-electron chi connectivity index (χ2n) is 7.01. The topological polar surface area (TPSA) is 47.4 Å². The van der Waals surface area contributed by atoms with Crippen molar-refractivity contribution < 1.29 is 9.53 Å². The molecule has 0 fully saturated rings. The van der Waals surface area contributed by atoms with E-state index in [9.17, 15) is 4.79 Å². The standard InChI is InChI=1S/C23H27N3O2/c1-4-18(2)21-12-8-9-13-22(21)28-17-23(27)25(3)15-19-14-24-26(16-19)20-10-6-5-7-11-20/h5-14,16,18H,4,15,17H2,1-3H3/t18-/m0/s1. The normalized spacial score (nSPS) is 11.8. The number of hydrogen-bond donors (Lipinski definition) is 0. The number of benzene rings is 2. The highest BCUT2D eigenvalue weighted by Gasteiger charge is 2.14. The van der Waals surface area contributed by atoms with Crippen LogP contribution in [0.5, 0.6) is 5.75 Å². The second kappa shape index (κ2) is 9.22. The van der Waals surface area contributed by atoms with Crippen LogP contribution in [0.15, 0.2) is 67.0 Å². The maximum Gasteiger partial charge on any atom is 0.260 e. The number of carbonyl (C=O) groups is 1. The maximum absolute atomic E-state index is 12.5. The summed E-state index contributed by atoms with van der Waals surface area (Å²) in [5.41, 5.74) is 3.11. The van der Waals surface area contributed by atoms with E-state index in [-0.39, 0.29) is 12.5 Å². The highest BCUT2D eigenvalue weighted by Crippen LogP contribution is 2.28. The van der Waals surface area contributed by atoms with Gasteiger partial charge in [0.05, 0.1) is 11.9 Å². The lowest BCUT2D eigenvalue weighted by Crippen LogP contribution is -2.31. The summed E-state index contributed by atoms with van der Waals surface area (Å²) in [4.78, 5) is 14.2. The van der Waals surface area contributed by atoms with Gasteiger partial charge in [-0.3, -0.25) is 4.79 Å². The van der Waals surface area contributed by atoms with Gasteiger partial charge in [0.15, 0.2) is 6.61 Å². The maximum atomic E-state index is 12.5. The van der Waals surface area contributed by atoms with Gasteiger partial charge in [0.25, 0.3) is 5.91 Å². The van der Waals surface area contributed by atoms with E-state index < -0.39 is 0 Å². The summed E-state index contributed by atoms with van der Waals surface area (Å²) in [5, 5.41) is 4.38. The van der Waals surface area contributed by atoms with Crippen molar-refractivity contribution in [2.24, 2.45) is 0 Å². The Balaban J connectivity index is 1.58. The monoisotopic (exact) mass is 377 g/mol. The molecule has 0 aliphatic heterocycles. The van der Waals surface area contributed by atoms with Crippen LogP contribution in [0.1, 0.15) is 37.3 Å². The van der Waals surface area contributed by atoms with Gasteiger partial charge in [-0.2, -0.15) is 5.10 Å². The second-order valence-corrected chi connectivity index (χ2v) is 7.01. The Bertz CT molecular complexity index is 905. The zero-order valence-corrected chi connectivity index (χ0v) is 16.7. The Labute approximate surface area is 166 Å². The predicted octanol–water partition coefficient (Wildman–Crippen LogP) is 4.42. The fraction of sp³-hybridized carbons (Fsp3) is 0.304. The molecular weight excluding hydrogens is 350 g/mol. The van der Waals surface area contributed by atoms with Crippen molar-refractivity contribution in [3.63, 3.8) is 0 Å². The van der Waals surface area contributed by atoms with Gasteiger partial charge in [-0.15, -0.1) is 0 Å². The van der Waals surface area contributed by atoms with Crippen LogP contribution < -0.4 is 4.74 Å². The predicted molar refractivity (Wildman–Crippen MR) is 111 cm³/mol. The van der Waals surface area contributed by atoms with Crippen molar-refractivity contribution in [3.8, 4) is 11.4 Å². The van der Waals surface area contributed by atoms with Gasteiger partial charge in [0.1, 0.15) is 5.75 Å². The molecule has 1 aromatic heterocycles. The molecule has 3 rings (SSSR count). The largest absolute Gasteiger partial charge is 0.483 e. The number of rotatable bonds is 8. The zero-order valence-electron chi connectivity index (χ0n) is 16.7. The van der Waals surface area contributed by atoms with Crippen LogP contribution in [0, 0.1) is 0 Å². The Morgan fingerprint density at radius 1 is 1.14 bits per heavy atom. The molecule has 146 valence electrons. The number of carbonyl (C=O) groups excluding carboxylic acids is 1. The third-order valence-corrected chi connectivity index (χ3v) is 4.92. The first-order valence-electron chi connectivity index (χ1n) is 9.63. The third kappa shape index (κ3) is 4.80. The van der Waals surface area contributed by atoms with Crippen LogP contribution in [-0.4, -0.2) is 34.2 Å². The van der Waals surface area contributed by atoms with Crippen molar-refractivity contribution >= 4 is 5.91 Å². The molecule has 0 radical (unpaired) electrons. The molecule has 0 unspecified atom stereocenters. The van der Waals surface area contributed by atoms with Crippen LogP contribution in [-0.2, 0) is 11.3 Å². The average Bonchev–Trinajstić information content (AvgIpc) is 3.20. The number of ether oxygens (including phenoxy) is 1. The minimum atomic E-state index is -0.0635. The first kappa shape index (κ1) is 19.7. The van der Waals surface area contributed by atoms with Gasteiger partial charge in [0, 0.05) is 25.4 Å². The Kier molecular flexibility index (Phi) is 6.48. The fourth-order valence-corrected chi connectivity index (χ4v) is 3.01. The molecule has 2 aromatic carbocycles. The molecule has 0 aliphatic rings. The van der Waals surface area contributed by atoms with E-state index in [1.165, 1.54) is 0 Å². The van der Waals surface area contributed by atoms with Crippen molar-refractivity contribution in [2.45, 2.75) is 32.7 Å². The highest BCUT2D eigenvalue weighted by atomic mass is 16.5. The molecule has 0 N–H and O–H groups in total. The lowest BCUT2D eigenvalue weighted by molar-refractivity contribution is -0.132. The number of amides is 1. The van der Waals surface area contributed by atoms with Crippen LogP contribution in [0.4, 0.5) is 0 Å². The molecule has 5 heteroatoms. The average molecular weight is 377 g/mol. The minimum absolute atomic E-state index is 0.0246. The number of likely N-dealkylation sites (N-methyl/N-ethyl adjacent to an activating group) is 1. The van der Waals surface area contributed by atoms with Crippen molar-refractivity contribution in [1.29, 1.82) is 0 Å². The van der Waals surface area contributed by atoms with Crippen LogP contribution in [0.2, 0.25) is 0 Å². The molecule has 1 atom stereocenters. The summed E-state index contributed by atoms with van der Waals surface area (Å²) in [5.74, 6) is 1.12. The number of para-hydroxylation sites is 2. The van der Waals surface area contributed by atoms with E-state index in [2.05, 4.69) is 25.0 Å². The first-order valence-corrected chi connectivity index (χ1v) is 9.63. The molecule has 0 spiro atoms. The van der Waals surface area contributed by atoms with Gasteiger partial charge in [-0.05, 0) is 36.1 Å². The van der Waals surface area contributed by atoms with Crippen LogP contribution >= 0.6 is 0 Å². The van der Waals surface area contributed by atoms with E-state index in [0.29, 0.717) is 12.5 Å². The lowest BCUT2D eigenvalue weighted by Gasteiger charge is -2.19. The summed E-state index contributed by atoms with van der Waals surface area (Å²) >= 11 is 0. The van der Waals surface area contributed by atoms with Crippen molar-refractivity contribution in [1.82, 2.24) is 14.7 Å². The Hall–Kier alpha value is -3.08. The summed E-state index contributed by atoms with van der Waals surface area (Å²) < 4.78 is 7.66. The Morgan fingerprint density at radius 2 is 1.86 bits per heavy atom. The summed E-state index contributed by atoms with van der Waals surface area (Å²) in [6.45, 7) is 4.83. The molecule has 1 amide bonds. The molecule has 0 aliphatic carbocycles. The summed E-state index contributed by atoms with van der Waals surface area (Å²) in [6.07, 6.45) is 4.76. The summed E-state index contributed by atoms with van der Waals surface area (Å²) in [7, 11) is 1.78. The van der Waals surface area contributed by atoms with Gasteiger partial charge in [-0.25, -0.2) is 4.68 Å². The van der Waals surface area contributed by atoms with Crippen molar-refractivity contribution in [2.75, 3.05) is 13.7 Å². The summed E-state index contributed by atoms with van der Waals surface area (Å²) in [6, 6.07) is 17.8. The molecule has 0 saturated heterocycles. The number of aromatic nitrogens is 2. The molecule has 5 nitrogen and oxygen atoms in total. The third-order valence-electron chi connectivity index (χ3n) is 4.92. The van der Waals surface area contributed by atoms with Crippen molar-refractivity contribution in [3.05, 3.63) is 78.1 Å². The number of hydrogen-bond acceptors (Lipinski definition) is 3. The zero-order chi connectivity index (χ0) is 19.9. The van der Waals surface area contributed by atoms with Crippen LogP contribution in [0.25, 0.3) is 5.69 Å². The van der Waals surface area contributed by atoms with E-state index >= 15 is 0 Å². The first-order chi connectivity index (χ1) is 13.6. The number of nitrogens with zero attached hydrogens (tertiary/aromatic N) is 3. The minimum Gasteiger partial charge on any atom is -0.483 e. The fourth-order valence-electron chi connectivity index (χ4n) is 3.01. The van der Waals surface area contributed by atoms with Gasteiger partial charge in [0.2, 0.25) is 0 Å². The van der Waals surface area contributed by atoms with E-state index in [4.69, 9.17) is 4.74 Å². The van der Waals surface area contributed by atoms with Gasteiger partial charge in [-0.1, -0.05) is 50.2 Å². The smallest absolute Gasteiger partial charge is 0.260 e. The SMILES string of the molecule is CC[C@H](C)c1ccccc1OCC(=O)N(C)Cc1cnn(-c2ccccc2)c1. The Morgan fingerprint density at radius 3 is 2.61 bits per heavy atom. The molecule has 0 bridgehead atoms. The van der Waals surface area contributed by atoms with E-state index in [1.54, 1.807) is 18.1 Å². The van der Waals surface area contributed by atoms with E-state index in [0.717, 1.165) is 29.0 Å². The van der Waals surface area contributed by atoms with E-state index in [1.807, 2.05) is 59.4 Å². The van der Waals surface area contributed by atoms with Crippen LogP contribution in [0.3, 0.4) is 0 Å².